The fraction of sp³-hybridized carbons (Fsp3) is 0.500. The highest BCUT2D eigenvalue weighted by atomic mass is 16.5. The molecule has 0 aliphatic carbocycles. The number of benzene rings is 1. The van der Waals surface area contributed by atoms with Crippen LogP contribution in [0.2, 0.25) is 0 Å². The van der Waals surface area contributed by atoms with Crippen molar-refractivity contribution in [2.45, 2.75) is 20.3 Å². The number of ether oxygens (including phenoxy) is 1. The fourth-order valence-electron chi connectivity index (χ4n) is 1.52. The van der Waals surface area contributed by atoms with E-state index in [2.05, 4.69) is 19.2 Å². The summed E-state index contributed by atoms with van der Waals surface area (Å²) < 4.78 is 5.52. The molecule has 0 heterocycles. The standard InChI is InChI=1S/C14H22N2O2/c1-11(2)9-16-14(17)10-18-13-6-4-3-5-12(13)7-8-15/h3-6,11H,7-10,15H2,1-2H3,(H,16,17). The number of nitrogens with one attached hydrogen (secondary N) is 1. The lowest BCUT2D eigenvalue weighted by Gasteiger charge is -2.11. The third-order valence-electron chi connectivity index (χ3n) is 2.45. The molecule has 0 unspecified atom stereocenters. The van der Waals surface area contributed by atoms with Gasteiger partial charge in [0, 0.05) is 6.54 Å². The first-order valence-electron chi connectivity index (χ1n) is 6.31. The Morgan fingerprint density at radius 1 is 1.39 bits per heavy atom. The normalized spacial score (nSPS) is 10.4. The molecule has 0 atom stereocenters. The van der Waals surface area contributed by atoms with Crippen LogP contribution in [0.15, 0.2) is 24.3 Å². The van der Waals surface area contributed by atoms with Gasteiger partial charge >= 0.3 is 0 Å². The summed E-state index contributed by atoms with van der Waals surface area (Å²) in [4.78, 5) is 11.5. The van der Waals surface area contributed by atoms with Gasteiger partial charge in [0.05, 0.1) is 0 Å². The van der Waals surface area contributed by atoms with Gasteiger partial charge in [0.15, 0.2) is 6.61 Å². The number of para-hydroxylation sites is 1. The summed E-state index contributed by atoms with van der Waals surface area (Å²) in [6.45, 7) is 5.40. The smallest absolute Gasteiger partial charge is 0.257 e. The molecule has 1 amide bonds. The van der Waals surface area contributed by atoms with Crippen molar-refractivity contribution in [3.8, 4) is 5.75 Å². The van der Waals surface area contributed by atoms with Crippen molar-refractivity contribution in [3.63, 3.8) is 0 Å². The maximum absolute atomic E-state index is 11.5. The van der Waals surface area contributed by atoms with Crippen molar-refractivity contribution in [2.24, 2.45) is 11.7 Å². The Hall–Kier alpha value is -1.55. The molecule has 0 aliphatic heterocycles. The van der Waals surface area contributed by atoms with Crippen molar-refractivity contribution in [1.29, 1.82) is 0 Å². The Morgan fingerprint density at radius 3 is 2.78 bits per heavy atom. The summed E-state index contributed by atoms with van der Waals surface area (Å²) in [5.74, 6) is 1.09. The minimum Gasteiger partial charge on any atom is -0.483 e. The van der Waals surface area contributed by atoms with E-state index in [4.69, 9.17) is 10.5 Å². The lowest BCUT2D eigenvalue weighted by Crippen LogP contribution is -2.31. The molecule has 0 radical (unpaired) electrons. The van der Waals surface area contributed by atoms with E-state index < -0.39 is 0 Å². The van der Waals surface area contributed by atoms with Crippen LogP contribution < -0.4 is 15.8 Å². The Bertz CT molecular complexity index is 378. The van der Waals surface area contributed by atoms with Gasteiger partial charge in [-0.25, -0.2) is 0 Å². The van der Waals surface area contributed by atoms with Gasteiger partial charge in [-0.2, -0.15) is 0 Å². The molecule has 4 nitrogen and oxygen atoms in total. The Balaban J connectivity index is 2.45. The van der Waals surface area contributed by atoms with Crippen LogP contribution in [0, 0.1) is 5.92 Å². The predicted octanol–water partition coefficient (Wildman–Crippen LogP) is 1.34. The quantitative estimate of drug-likeness (QED) is 0.767. The molecule has 18 heavy (non-hydrogen) atoms. The number of hydrogen-bond acceptors (Lipinski definition) is 3. The second-order valence-electron chi connectivity index (χ2n) is 4.63. The number of rotatable bonds is 7. The number of carbonyl (C=O) groups excluding carboxylic acids is 1. The van der Waals surface area contributed by atoms with Gasteiger partial charge in [0.1, 0.15) is 5.75 Å². The van der Waals surface area contributed by atoms with Gasteiger partial charge in [0.2, 0.25) is 0 Å². The maximum Gasteiger partial charge on any atom is 0.257 e. The summed E-state index contributed by atoms with van der Waals surface area (Å²) in [5, 5.41) is 2.82. The van der Waals surface area contributed by atoms with E-state index in [0.717, 1.165) is 17.7 Å². The summed E-state index contributed by atoms with van der Waals surface area (Å²) in [7, 11) is 0. The van der Waals surface area contributed by atoms with E-state index in [1.165, 1.54) is 0 Å². The fourth-order valence-corrected chi connectivity index (χ4v) is 1.52. The molecule has 1 aromatic rings. The monoisotopic (exact) mass is 250 g/mol. The van der Waals surface area contributed by atoms with E-state index in [9.17, 15) is 4.79 Å². The van der Waals surface area contributed by atoms with Gasteiger partial charge in [-0.15, -0.1) is 0 Å². The highest BCUT2D eigenvalue weighted by Crippen LogP contribution is 2.17. The molecule has 0 spiro atoms. The van der Waals surface area contributed by atoms with Crippen molar-refractivity contribution in [2.75, 3.05) is 19.7 Å². The summed E-state index contributed by atoms with van der Waals surface area (Å²) in [6.07, 6.45) is 0.754. The number of carbonyl (C=O) groups is 1. The second kappa shape index (κ2) is 7.71. The van der Waals surface area contributed by atoms with Gasteiger partial charge in [-0.05, 0) is 30.5 Å². The zero-order chi connectivity index (χ0) is 13.4. The number of nitrogens with two attached hydrogens (primary N) is 1. The van der Waals surface area contributed by atoms with Crippen molar-refractivity contribution in [3.05, 3.63) is 29.8 Å². The van der Waals surface area contributed by atoms with Crippen LogP contribution in [0.4, 0.5) is 0 Å². The predicted molar refractivity (Wildman–Crippen MR) is 72.5 cm³/mol. The van der Waals surface area contributed by atoms with Gasteiger partial charge in [0.25, 0.3) is 5.91 Å². The number of amides is 1. The number of hydrogen-bond donors (Lipinski definition) is 2. The van der Waals surface area contributed by atoms with E-state index in [0.29, 0.717) is 19.0 Å². The molecule has 0 saturated carbocycles. The topological polar surface area (TPSA) is 64.3 Å². The molecule has 100 valence electrons. The Kier molecular flexibility index (Phi) is 6.22. The van der Waals surface area contributed by atoms with Gasteiger partial charge in [-0.1, -0.05) is 32.0 Å². The van der Waals surface area contributed by atoms with Gasteiger partial charge < -0.3 is 15.8 Å². The summed E-state index contributed by atoms with van der Waals surface area (Å²) in [5.41, 5.74) is 6.57. The molecule has 0 aliphatic rings. The Labute approximate surface area is 109 Å². The first kappa shape index (κ1) is 14.5. The van der Waals surface area contributed by atoms with Crippen molar-refractivity contribution in [1.82, 2.24) is 5.32 Å². The average molecular weight is 250 g/mol. The molecular formula is C14H22N2O2. The summed E-state index contributed by atoms with van der Waals surface area (Å²) >= 11 is 0. The van der Waals surface area contributed by atoms with Crippen LogP contribution in [0.3, 0.4) is 0 Å². The molecule has 0 saturated heterocycles. The first-order valence-corrected chi connectivity index (χ1v) is 6.31. The highest BCUT2D eigenvalue weighted by Gasteiger charge is 2.06. The minimum atomic E-state index is -0.0914. The van der Waals surface area contributed by atoms with Gasteiger partial charge in [-0.3, -0.25) is 4.79 Å². The third kappa shape index (κ3) is 5.19. The van der Waals surface area contributed by atoms with Crippen LogP contribution >= 0.6 is 0 Å². The van der Waals surface area contributed by atoms with Crippen molar-refractivity contribution < 1.29 is 9.53 Å². The SMILES string of the molecule is CC(C)CNC(=O)COc1ccccc1CCN. The van der Waals surface area contributed by atoms with E-state index in [-0.39, 0.29) is 12.5 Å². The first-order chi connectivity index (χ1) is 8.63. The minimum absolute atomic E-state index is 0.0499. The summed E-state index contributed by atoms with van der Waals surface area (Å²) in [6, 6.07) is 7.66. The van der Waals surface area contributed by atoms with Crippen molar-refractivity contribution >= 4 is 5.91 Å². The van der Waals surface area contributed by atoms with Crippen LogP contribution in [0.5, 0.6) is 5.75 Å². The molecule has 1 aromatic carbocycles. The van der Waals surface area contributed by atoms with Crippen LogP contribution in [-0.2, 0) is 11.2 Å². The molecule has 0 aromatic heterocycles. The molecule has 3 N–H and O–H groups in total. The lowest BCUT2D eigenvalue weighted by molar-refractivity contribution is -0.123. The van der Waals surface area contributed by atoms with E-state index in [1.54, 1.807) is 0 Å². The molecule has 0 fully saturated rings. The third-order valence-corrected chi connectivity index (χ3v) is 2.45. The second-order valence-corrected chi connectivity index (χ2v) is 4.63. The molecule has 4 heteroatoms. The molecular weight excluding hydrogens is 228 g/mol. The van der Waals surface area contributed by atoms with Crippen LogP contribution in [-0.4, -0.2) is 25.6 Å². The largest absolute Gasteiger partial charge is 0.483 e. The highest BCUT2D eigenvalue weighted by molar-refractivity contribution is 5.77. The van der Waals surface area contributed by atoms with Crippen LogP contribution in [0.1, 0.15) is 19.4 Å². The van der Waals surface area contributed by atoms with E-state index in [1.807, 2.05) is 24.3 Å². The lowest BCUT2D eigenvalue weighted by atomic mass is 10.1. The maximum atomic E-state index is 11.5. The zero-order valence-corrected chi connectivity index (χ0v) is 11.1. The zero-order valence-electron chi connectivity index (χ0n) is 11.1. The Morgan fingerprint density at radius 2 is 2.11 bits per heavy atom. The molecule has 0 bridgehead atoms. The molecule has 1 rings (SSSR count). The average Bonchev–Trinajstić information content (AvgIpc) is 2.35. The van der Waals surface area contributed by atoms with Crippen LogP contribution in [0.25, 0.3) is 0 Å². The van der Waals surface area contributed by atoms with E-state index >= 15 is 0 Å².